The normalized spacial score (nSPS) is 10.8. The highest BCUT2D eigenvalue weighted by Crippen LogP contribution is 2.33. The third kappa shape index (κ3) is 5.23. The molecule has 0 saturated carbocycles. The predicted octanol–water partition coefficient (Wildman–Crippen LogP) is 1.79. The number of carbonyl (C=O) groups excluding carboxylic acids is 2. The molecular weight excluding hydrogens is 418 g/mol. The van der Waals surface area contributed by atoms with Crippen LogP contribution in [-0.2, 0) is 19.6 Å². The maximum atomic E-state index is 12.6. The average Bonchev–Trinajstić information content (AvgIpc) is 2.70. The molecule has 0 atom stereocenters. The van der Waals surface area contributed by atoms with Crippen LogP contribution in [0.2, 0.25) is 0 Å². The number of nitro groups is 1. The molecule has 160 valence electrons. The van der Waals surface area contributed by atoms with E-state index in [0.717, 1.165) is 18.4 Å². The number of non-ortho nitro benzene ring substituents is 1. The monoisotopic (exact) mass is 437 g/mol. The first-order chi connectivity index (χ1) is 14.1. The van der Waals surface area contributed by atoms with Crippen LogP contribution in [0.25, 0.3) is 0 Å². The highest BCUT2D eigenvalue weighted by Gasteiger charge is 2.26. The summed E-state index contributed by atoms with van der Waals surface area (Å²) in [5, 5.41) is 13.5. The van der Waals surface area contributed by atoms with Crippen molar-refractivity contribution in [3.63, 3.8) is 0 Å². The van der Waals surface area contributed by atoms with Crippen LogP contribution in [0.1, 0.15) is 10.4 Å². The Morgan fingerprint density at radius 2 is 1.83 bits per heavy atom. The van der Waals surface area contributed by atoms with Crippen LogP contribution >= 0.6 is 0 Å². The number of hydrogen-bond acceptors (Lipinski definition) is 8. The van der Waals surface area contributed by atoms with Crippen molar-refractivity contribution in [1.29, 1.82) is 0 Å². The number of carbonyl (C=O) groups is 2. The molecule has 30 heavy (non-hydrogen) atoms. The Morgan fingerprint density at radius 3 is 2.40 bits per heavy atom. The molecule has 2 aromatic rings. The van der Waals surface area contributed by atoms with E-state index < -0.39 is 33.4 Å². The van der Waals surface area contributed by atoms with Crippen LogP contribution in [-0.4, -0.2) is 52.2 Å². The van der Waals surface area contributed by atoms with Crippen molar-refractivity contribution in [3.05, 3.63) is 58.1 Å². The summed E-state index contributed by atoms with van der Waals surface area (Å²) < 4.78 is 35.1. The van der Waals surface area contributed by atoms with Crippen LogP contribution in [0.3, 0.4) is 0 Å². The van der Waals surface area contributed by atoms with Gasteiger partial charge in [0.2, 0.25) is 15.9 Å². The number of sulfonamides is 1. The zero-order chi connectivity index (χ0) is 22.5. The Labute approximate surface area is 172 Å². The summed E-state index contributed by atoms with van der Waals surface area (Å²) in [6.45, 7) is -0.716. The van der Waals surface area contributed by atoms with E-state index >= 15 is 0 Å². The van der Waals surface area contributed by atoms with Crippen LogP contribution in [0.4, 0.5) is 17.1 Å². The fourth-order valence-electron chi connectivity index (χ4n) is 2.57. The second-order valence-electron chi connectivity index (χ2n) is 5.97. The van der Waals surface area contributed by atoms with Crippen molar-refractivity contribution in [2.24, 2.45) is 0 Å². The van der Waals surface area contributed by atoms with E-state index in [-0.39, 0.29) is 28.4 Å². The van der Waals surface area contributed by atoms with Crippen molar-refractivity contribution in [3.8, 4) is 5.75 Å². The number of ether oxygens (including phenoxy) is 2. The first-order valence-electron chi connectivity index (χ1n) is 8.35. The number of methoxy groups -OCH3 is 2. The van der Waals surface area contributed by atoms with Crippen LogP contribution in [0, 0.1) is 10.1 Å². The van der Waals surface area contributed by atoms with Gasteiger partial charge in [0.15, 0.2) is 0 Å². The molecule has 12 heteroatoms. The molecule has 0 bridgehead atoms. The van der Waals surface area contributed by atoms with Gasteiger partial charge in [-0.2, -0.15) is 0 Å². The predicted molar refractivity (Wildman–Crippen MR) is 108 cm³/mol. The number of nitrogens with one attached hydrogen (secondary N) is 1. The molecule has 0 aliphatic rings. The van der Waals surface area contributed by atoms with E-state index in [2.05, 4.69) is 10.1 Å². The number of benzene rings is 2. The summed E-state index contributed by atoms with van der Waals surface area (Å²) in [6, 6.07) is 9.39. The van der Waals surface area contributed by atoms with Crippen molar-refractivity contribution in [2.75, 3.05) is 36.6 Å². The van der Waals surface area contributed by atoms with Gasteiger partial charge in [0.25, 0.3) is 5.69 Å². The number of amides is 1. The SMILES string of the molecule is COC(=O)c1ccccc1NC(=O)CN(c1cc([N+](=O)[O-])ccc1OC)S(C)(=O)=O. The minimum absolute atomic E-state index is 0.0220. The number of hydrogen-bond donors (Lipinski definition) is 1. The van der Waals surface area contributed by atoms with Gasteiger partial charge in [0.05, 0.1) is 36.6 Å². The average molecular weight is 437 g/mol. The Morgan fingerprint density at radius 1 is 1.17 bits per heavy atom. The minimum atomic E-state index is -4.03. The van der Waals surface area contributed by atoms with Crippen LogP contribution in [0.15, 0.2) is 42.5 Å². The summed E-state index contributed by atoms with van der Waals surface area (Å²) >= 11 is 0. The molecule has 0 aliphatic carbocycles. The van der Waals surface area contributed by atoms with Gasteiger partial charge in [-0.15, -0.1) is 0 Å². The zero-order valence-corrected chi connectivity index (χ0v) is 17.1. The molecule has 0 aliphatic heterocycles. The third-order valence-electron chi connectivity index (χ3n) is 3.94. The fourth-order valence-corrected chi connectivity index (χ4v) is 3.42. The molecule has 0 aromatic heterocycles. The lowest BCUT2D eigenvalue weighted by molar-refractivity contribution is -0.384. The van der Waals surface area contributed by atoms with Crippen molar-refractivity contribution in [1.82, 2.24) is 0 Å². The molecule has 1 N–H and O–H groups in total. The lowest BCUT2D eigenvalue weighted by Gasteiger charge is -2.23. The highest BCUT2D eigenvalue weighted by atomic mass is 32.2. The van der Waals surface area contributed by atoms with Crippen LogP contribution < -0.4 is 14.4 Å². The lowest BCUT2D eigenvalue weighted by atomic mass is 10.2. The first kappa shape index (κ1) is 22.6. The number of esters is 1. The molecule has 0 saturated heterocycles. The standard InChI is InChI=1S/C18H19N3O8S/c1-28-16-9-8-12(21(24)25)10-15(16)20(30(3,26)27)11-17(22)19-14-7-5-4-6-13(14)18(23)29-2/h4-10H,11H2,1-3H3,(H,19,22). The summed E-state index contributed by atoms with van der Waals surface area (Å²) in [4.78, 5) is 34.8. The number of para-hydroxylation sites is 1. The van der Waals surface area contributed by atoms with Crippen molar-refractivity contribution >= 4 is 39.0 Å². The smallest absolute Gasteiger partial charge is 0.339 e. The van der Waals surface area contributed by atoms with Gasteiger partial charge in [-0.25, -0.2) is 13.2 Å². The van der Waals surface area contributed by atoms with Crippen LogP contribution in [0.5, 0.6) is 5.75 Å². The largest absolute Gasteiger partial charge is 0.495 e. The van der Waals surface area contributed by atoms with E-state index in [9.17, 15) is 28.1 Å². The van der Waals surface area contributed by atoms with E-state index in [1.807, 2.05) is 0 Å². The van der Waals surface area contributed by atoms with E-state index in [4.69, 9.17) is 4.74 Å². The van der Waals surface area contributed by atoms with Gasteiger partial charge in [0, 0.05) is 12.1 Å². The number of nitro benzene ring substituents is 1. The summed E-state index contributed by atoms with van der Waals surface area (Å²) in [5.74, 6) is -1.45. The molecule has 0 heterocycles. The molecule has 1 amide bonds. The first-order valence-corrected chi connectivity index (χ1v) is 10.2. The highest BCUT2D eigenvalue weighted by molar-refractivity contribution is 7.92. The molecular formula is C18H19N3O8S. The van der Waals surface area contributed by atoms with Gasteiger partial charge in [0.1, 0.15) is 18.0 Å². The van der Waals surface area contributed by atoms with Gasteiger partial charge in [-0.3, -0.25) is 19.2 Å². The fraction of sp³-hybridized carbons (Fsp3) is 0.222. The molecule has 0 fully saturated rings. The van der Waals surface area contributed by atoms with Crippen molar-refractivity contribution < 1.29 is 32.4 Å². The Balaban J connectivity index is 2.40. The molecule has 2 aromatic carbocycles. The third-order valence-corrected chi connectivity index (χ3v) is 5.06. The molecule has 2 rings (SSSR count). The summed E-state index contributed by atoms with van der Waals surface area (Å²) in [6.07, 6.45) is 0.848. The Hall–Kier alpha value is -3.67. The van der Waals surface area contributed by atoms with Crippen molar-refractivity contribution in [2.45, 2.75) is 0 Å². The summed E-state index contributed by atoms with van der Waals surface area (Å²) in [7, 11) is -1.59. The Bertz CT molecular complexity index is 1080. The topological polar surface area (TPSA) is 145 Å². The second kappa shape index (κ2) is 9.22. The number of nitrogens with zero attached hydrogens (tertiary/aromatic N) is 2. The molecule has 0 radical (unpaired) electrons. The minimum Gasteiger partial charge on any atom is -0.495 e. The van der Waals surface area contributed by atoms with E-state index in [0.29, 0.717) is 4.31 Å². The lowest BCUT2D eigenvalue weighted by Crippen LogP contribution is -2.38. The molecule has 0 spiro atoms. The summed E-state index contributed by atoms with van der Waals surface area (Å²) in [5.41, 5.74) is -0.359. The Kier molecular flexibility index (Phi) is 6.95. The maximum Gasteiger partial charge on any atom is 0.339 e. The van der Waals surface area contributed by atoms with E-state index in [1.165, 1.54) is 32.4 Å². The number of anilines is 2. The number of rotatable bonds is 8. The molecule has 0 unspecified atom stereocenters. The zero-order valence-electron chi connectivity index (χ0n) is 16.3. The second-order valence-corrected chi connectivity index (χ2v) is 7.88. The van der Waals surface area contributed by atoms with Gasteiger partial charge in [-0.1, -0.05) is 12.1 Å². The molecule has 11 nitrogen and oxygen atoms in total. The maximum absolute atomic E-state index is 12.6. The van der Waals surface area contributed by atoms with Gasteiger partial charge < -0.3 is 14.8 Å². The van der Waals surface area contributed by atoms with Gasteiger partial charge >= 0.3 is 5.97 Å². The van der Waals surface area contributed by atoms with Gasteiger partial charge in [-0.05, 0) is 18.2 Å². The quantitative estimate of drug-likeness (QED) is 0.374. The van der Waals surface area contributed by atoms with E-state index in [1.54, 1.807) is 12.1 Å².